The van der Waals surface area contributed by atoms with Crippen molar-refractivity contribution >= 4 is 37.8 Å². The Kier molecular flexibility index (Phi) is 6.89. The molecule has 1 amide bonds. The molecule has 3 nitrogen and oxygen atoms in total. The second-order valence-electron chi connectivity index (χ2n) is 4.39. The van der Waals surface area contributed by atoms with E-state index in [1.54, 1.807) is 0 Å². The molecule has 0 heterocycles. The normalized spacial score (nSPS) is 10.7. The molecule has 1 aromatic carbocycles. The maximum absolute atomic E-state index is 11.9. The van der Waals surface area contributed by atoms with Crippen LogP contribution < -0.4 is 5.32 Å². The minimum Gasteiger partial charge on any atom is -0.352 e. The van der Waals surface area contributed by atoms with Crippen LogP contribution in [-0.4, -0.2) is 38.0 Å². The summed E-state index contributed by atoms with van der Waals surface area (Å²) in [6, 6.07) is 5.59. The van der Waals surface area contributed by atoms with Crippen LogP contribution in [0.25, 0.3) is 0 Å². The van der Waals surface area contributed by atoms with Gasteiger partial charge in [-0.05, 0) is 67.6 Å². The van der Waals surface area contributed by atoms with E-state index in [4.69, 9.17) is 0 Å². The van der Waals surface area contributed by atoms with Crippen LogP contribution in [0.4, 0.5) is 0 Å². The predicted octanol–water partition coefficient (Wildman–Crippen LogP) is 3.28. The minimum absolute atomic E-state index is 0.0342. The van der Waals surface area contributed by atoms with Crippen molar-refractivity contribution in [3.8, 4) is 0 Å². The topological polar surface area (TPSA) is 32.3 Å². The highest BCUT2D eigenvalue weighted by Gasteiger charge is 2.09. The first-order valence-electron chi connectivity index (χ1n) is 5.88. The Labute approximate surface area is 125 Å². The Morgan fingerprint density at radius 2 is 2.00 bits per heavy atom. The first-order valence-corrected chi connectivity index (χ1v) is 7.47. The zero-order valence-electron chi connectivity index (χ0n) is 10.7. The summed E-state index contributed by atoms with van der Waals surface area (Å²) in [5.74, 6) is -0.0342. The van der Waals surface area contributed by atoms with Crippen molar-refractivity contribution in [3.63, 3.8) is 0 Å². The molecule has 0 spiro atoms. The maximum Gasteiger partial charge on any atom is 0.252 e. The van der Waals surface area contributed by atoms with Gasteiger partial charge in [-0.2, -0.15) is 0 Å². The van der Waals surface area contributed by atoms with E-state index in [2.05, 4.69) is 56.2 Å². The predicted molar refractivity (Wildman–Crippen MR) is 82.0 cm³/mol. The van der Waals surface area contributed by atoms with E-state index >= 15 is 0 Å². The highest BCUT2D eigenvalue weighted by atomic mass is 79.9. The molecule has 0 saturated heterocycles. The molecular weight excluding hydrogens is 360 g/mol. The number of nitrogens with one attached hydrogen (secondary N) is 1. The number of halogens is 2. The fraction of sp³-hybridized carbons (Fsp3) is 0.462. The standard InChI is InChI=1S/C13H18Br2N2O/c1-17(2)8-4-3-7-16-13(18)11-9-10(14)5-6-12(11)15/h5-6,9H,3-4,7-8H2,1-2H3,(H,16,18). The van der Waals surface area contributed by atoms with Crippen LogP contribution in [0.1, 0.15) is 23.2 Å². The Bertz CT molecular complexity index is 408. The van der Waals surface area contributed by atoms with Crippen LogP contribution >= 0.6 is 31.9 Å². The number of unbranched alkanes of at least 4 members (excludes halogenated alkanes) is 1. The van der Waals surface area contributed by atoms with Crippen LogP contribution in [0, 0.1) is 0 Å². The lowest BCUT2D eigenvalue weighted by Gasteiger charge is -2.10. The fourth-order valence-electron chi connectivity index (χ4n) is 1.52. The Morgan fingerprint density at radius 3 is 2.67 bits per heavy atom. The van der Waals surface area contributed by atoms with Gasteiger partial charge in [0, 0.05) is 15.5 Å². The first-order chi connectivity index (χ1) is 8.50. The molecule has 100 valence electrons. The van der Waals surface area contributed by atoms with Gasteiger partial charge in [0.2, 0.25) is 0 Å². The monoisotopic (exact) mass is 376 g/mol. The lowest BCUT2D eigenvalue weighted by molar-refractivity contribution is 0.0952. The second-order valence-corrected chi connectivity index (χ2v) is 6.16. The van der Waals surface area contributed by atoms with Crippen molar-refractivity contribution in [1.82, 2.24) is 10.2 Å². The van der Waals surface area contributed by atoms with Crippen molar-refractivity contribution in [1.29, 1.82) is 0 Å². The van der Waals surface area contributed by atoms with Crippen molar-refractivity contribution in [2.24, 2.45) is 0 Å². The van der Waals surface area contributed by atoms with Crippen molar-refractivity contribution in [3.05, 3.63) is 32.7 Å². The van der Waals surface area contributed by atoms with E-state index in [0.717, 1.165) is 28.3 Å². The molecule has 0 aliphatic rings. The molecule has 0 atom stereocenters. The van der Waals surface area contributed by atoms with Gasteiger partial charge in [-0.15, -0.1) is 0 Å². The third-order valence-electron chi connectivity index (χ3n) is 2.49. The van der Waals surface area contributed by atoms with Gasteiger partial charge in [0.15, 0.2) is 0 Å². The molecule has 0 aliphatic carbocycles. The second kappa shape index (κ2) is 7.92. The van der Waals surface area contributed by atoms with Gasteiger partial charge in [-0.25, -0.2) is 0 Å². The largest absolute Gasteiger partial charge is 0.352 e. The Balaban J connectivity index is 2.39. The number of benzene rings is 1. The van der Waals surface area contributed by atoms with Gasteiger partial charge < -0.3 is 10.2 Å². The first kappa shape index (κ1) is 15.7. The molecule has 5 heteroatoms. The molecule has 0 unspecified atom stereocenters. The van der Waals surface area contributed by atoms with Gasteiger partial charge in [-0.1, -0.05) is 15.9 Å². The summed E-state index contributed by atoms with van der Waals surface area (Å²) in [6.07, 6.45) is 2.09. The fourth-order valence-corrected chi connectivity index (χ4v) is 2.31. The highest BCUT2D eigenvalue weighted by Crippen LogP contribution is 2.21. The number of hydrogen-bond donors (Lipinski definition) is 1. The van der Waals surface area contributed by atoms with Gasteiger partial charge in [0.05, 0.1) is 5.56 Å². The van der Waals surface area contributed by atoms with Gasteiger partial charge in [0.25, 0.3) is 5.91 Å². The Morgan fingerprint density at radius 1 is 1.28 bits per heavy atom. The molecule has 0 aliphatic heterocycles. The average molecular weight is 378 g/mol. The average Bonchev–Trinajstić information content (AvgIpc) is 2.31. The summed E-state index contributed by atoms with van der Waals surface area (Å²) in [5.41, 5.74) is 0.664. The lowest BCUT2D eigenvalue weighted by Crippen LogP contribution is -2.25. The third kappa shape index (κ3) is 5.50. The molecule has 1 rings (SSSR count). The molecule has 1 N–H and O–H groups in total. The van der Waals surface area contributed by atoms with E-state index in [-0.39, 0.29) is 5.91 Å². The summed E-state index contributed by atoms with van der Waals surface area (Å²) in [6.45, 7) is 1.77. The summed E-state index contributed by atoms with van der Waals surface area (Å²) in [4.78, 5) is 14.1. The molecule has 0 aromatic heterocycles. The molecule has 18 heavy (non-hydrogen) atoms. The van der Waals surface area contributed by atoms with Crippen molar-refractivity contribution in [2.75, 3.05) is 27.2 Å². The summed E-state index contributed by atoms with van der Waals surface area (Å²) < 4.78 is 1.72. The van der Waals surface area contributed by atoms with Gasteiger partial charge in [0.1, 0.15) is 0 Å². The smallest absolute Gasteiger partial charge is 0.252 e. The molecule has 1 aromatic rings. The van der Waals surface area contributed by atoms with E-state index in [0.29, 0.717) is 12.1 Å². The van der Waals surface area contributed by atoms with Crippen LogP contribution in [0.5, 0.6) is 0 Å². The van der Waals surface area contributed by atoms with E-state index in [9.17, 15) is 4.79 Å². The zero-order chi connectivity index (χ0) is 13.5. The van der Waals surface area contributed by atoms with Gasteiger partial charge >= 0.3 is 0 Å². The minimum atomic E-state index is -0.0342. The number of hydrogen-bond acceptors (Lipinski definition) is 2. The third-order valence-corrected chi connectivity index (χ3v) is 3.68. The Hall–Kier alpha value is -0.390. The molecule has 0 radical (unpaired) electrons. The number of carbonyl (C=O) groups excluding carboxylic acids is 1. The van der Waals surface area contributed by atoms with Crippen LogP contribution in [0.3, 0.4) is 0 Å². The number of nitrogens with zero attached hydrogens (tertiary/aromatic N) is 1. The summed E-state index contributed by atoms with van der Waals surface area (Å²) in [5, 5.41) is 2.93. The highest BCUT2D eigenvalue weighted by molar-refractivity contribution is 9.11. The number of carbonyl (C=O) groups is 1. The maximum atomic E-state index is 11.9. The summed E-state index contributed by atoms with van der Waals surface area (Å²) >= 11 is 6.75. The molecule has 0 fully saturated rings. The SMILES string of the molecule is CN(C)CCCCNC(=O)c1cc(Br)ccc1Br. The zero-order valence-corrected chi connectivity index (χ0v) is 13.8. The van der Waals surface area contributed by atoms with Crippen LogP contribution in [0.15, 0.2) is 27.1 Å². The number of amides is 1. The van der Waals surface area contributed by atoms with E-state index in [1.165, 1.54) is 0 Å². The number of rotatable bonds is 6. The van der Waals surface area contributed by atoms with Gasteiger partial charge in [-0.3, -0.25) is 4.79 Å². The van der Waals surface area contributed by atoms with E-state index < -0.39 is 0 Å². The lowest BCUT2D eigenvalue weighted by atomic mass is 10.2. The molecule has 0 bridgehead atoms. The molecular formula is C13H18Br2N2O. The summed E-state index contributed by atoms with van der Waals surface area (Å²) in [7, 11) is 4.11. The quantitative estimate of drug-likeness (QED) is 0.771. The van der Waals surface area contributed by atoms with Crippen LogP contribution in [-0.2, 0) is 0 Å². The van der Waals surface area contributed by atoms with Crippen molar-refractivity contribution in [2.45, 2.75) is 12.8 Å². The van der Waals surface area contributed by atoms with E-state index in [1.807, 2.05) is 18.2 Å². The van der Waals surface area contributed by atoms with Crippen LogP contribution in [0.2, 0.25) is 0 Å². The van der Waals surface area contributed by atoms with Crippen molar-refractivity contribution < 1.29 is 4.79 Å². The molecule has 0 saturated carbocycles.